The summed E-state index contributed by atoms with van der Waals surface area (Å²) in [7, 11) is 0. The van der Waals surface area contributed by atoms with Crippen molar-refractivity contribution in [3.8, 4) is 28.7 Å². The number of anilines is 2. The maximum atomic E-state index is 12.5. The number of ether oxygens (including phenoxy) is 4. The van der Waals surface area contributed by atoms with Gasteiger partial charge in [-0.1, -0.05) is 18.2 Å². The molecule has 0 fully saturated rings. The molecule has 1 aliphatic heterocycles. The van der Waals surface area contributed by atoms with Crippen LogP contribution in [0.4, 0.5) is 11.4 Å². The number of carbonyl (C=O) groups excluding carboxylic acids is 2. The van der Waals surface area contributed by atoms with E-state index in [0.29, 0.717) is 45.7 Å². The second kappa shape index (κ2) is 10.5. The van der Waals surface area contributed by atoms with Gasteiger partial charge in [-0.05, 0) is 78.9 Å². The maximum Gasteiger partial charge on any atom is 0.262 e. The minimum Gasteiger partial charge on any atom is -0.484 e. The van der Waals surface area contributed by atoms with Gasteiger partial charge in [-0.15, -0.1) is 0 Å². The van der Waals surface area contributed by atoms with Crippen molar-refractivity contribution in [3.05, 3.63) is 103 Å². The van der Waals surface area contributed by atoms with Gasteiger partial charge < -0.3 is 29.6 Å². The summed E-state index contributed by atoms with van der Waals surface area (Å²) >= 11 is 0. The Morgan fingerprint density at radius 3 is 2.03 bits per heavy atom. The molecule has 0 saturated heterocycles. The fourth-order valence-electron chi connectivity index (χ4n) is 3.45. The highest BCUT2D eigenvalue weighted by Gasteiger charge is 2.16. The van der Waals surface area contributed by atoms with Crippen LogP contribution in [-0.4, -0.2) is 25.2 Å². The van der Waals surface area contributed by atoms with E-state index < -0.39 is 0 Å². The molecule has 180 valence electrons. The van der Waals surface area contributed by atoms with Gasteiger partial charge in [0.15, 0.2) is 18.1 Å². The van der Waals surface area contributed by atoms with Gasteiger partial charge >= 0.3 is 0 Å². The molecule has 0 aromatic heterocycles. The molecule has 0 bridgehead atoms. The minimum atomic E-state index is -0.258. The Kier molecular flexibility index (Phi) is 6.66. The van der Waals surface area contributed by atoms with Crippen LogP contribution in [-0.2, 0) is 4.79 Å². The number of amides is 2. The number of nitrogens with one attached hydrogen (secondary N) is 2. The molecule has 0 atom stereocenters. The third kappa shape index (κ3) is 5.74. The lowest BCUT2D eigenvalue weighted by Gasteiger charge is -2.10. The zero-order valence-corrected chi connectivity index (χ0v) is 19.1. The molecule has 4 aromatic carbocycles. The van der Waals surface area contributed by atoms with Crippen LogP contribution >= 0.6 is 0 Å². The van der Waals surface area contributed by atoms with Gasteiger partial charge in [0, 0.05) is 16.9 Å². The van der Waals surface area contributed by atoms with Crippen LogP contribution in [0.5, 0.6) is 28.7 Å². The van der Waals surface area contributed by atoms with E-state index in [9.17, 15) is 9.59 Å². The van der Waals surface area contributed by atoms with E-state index in [2.05, 4.69) is 10.6 Å². The first-order valence-corrected chi connectivity index (χ1v) is 11.2. The van der Waals surface area contributed by atoms with Gasteiger partial charge in [0.2, 0.25) is 6.79 Å². The molecule has 2 N–H and O–H groups in total. The van der Waals surface area contributed by atoms with Gasteiger partial charge in [-0.25, -0.2) is 0 Å². The van der Waals surface area contributed by atoms with Crippen molar-refractivity contribution in [2.24, 2.45) is 0 Å². The summed E-state index contributed by atoms with van der Waals surface area (Å²) < 4.78 is 21.9. The van der Waals surface area contributed by atoms with E-state index in [1.54, 1.807) is 78.9 Å². The molecule has 0 spiro atoms. The predicted octanol–water partition coefficient (Wildman–Crippen LogP) is 5.48. The molecule has 1 aliphatic rings. The molecule has 5 rings (SSSR count). The van der Waals surface area contributed by atoms with Crippen molar-refractivity contribution in [2.75, 3.05) is 24.0 Å². The molecule has 0 radical (unpaired) electrons. The van der Waals surface area contributed by atoms with Crippen molar-refractivity contribution >= 4 is 23.2 Å². The number of carbonyl (C=O) groups is 2. The molecule has 2 amide bonds. The first-order valence-electron chi connectivity index (χ1n) is 11.2. The lowest BCUT2D eigenvalue weighted by Crippen LogP contribution is -2.20. The standard InChI is InChI=1S/C28H22N2O6/c31-27(17-33-22-4-2-1-3-5-22)29-20-7-11-23(12-8-20)36-24-13-9-21(10-14-24)30-28(32)19-6-15-25-26(16-19)35-18-34-25/h1-16H,17-18H2,(H,29,31)(H,30,32). The van der Waals surface area contributed by atoms with Crippen LogP contribution in [0, 0.1) is 0 Å². The Balaban J connectivity index is 1.11. The van der Waals surface area contributed by atoms with Crippen molar-refractivity contribution < 1.29 is 28.5 Å². The van der Waals surface area contributed by atoms with Crippen molar-refractivity contribution in [2.45, 2.75) is 0 Å². The molecular weight excluding hydrogens is 460 g/mol. The number of benzene rings is 4. The van der Waals surface area contributed by atoms with Crippen LogP contribution in [0.2, 0.25) is 0 Å². The van der Waals surface area contributed by atoms with Gasteiger partial charge in [0.25, 0.3) is 11.8 Å². The average Bonchev–Trinajstić information content (AvgIpc) is 3.38. The highest BCUT2D eigenvalue weighted by molar-refractivity contribution is 6.04. The highest BCUT2D eigenvalue weighted by atomic mass is 16.7. The summed E-state index contributed by atoms with van der Waals surface area (Å²) in [6.07, 6.45) is 0. The molecule has 8 nitrogen and oxygen atoms in total. The summed E-state index contributed by atoms with van der Waals surface area (Å²) in [5, 5.41) is 5.63. The fraction of sp³-hybridized carbons (Fsp3) is 0.0714. The third-order valence-corrected chi connectivity index (χ3v) is 5.23. The van der Waals surface area contributed by atoms with Gasteiger partial charge in [0.1, 0.15) is 17.2 Å². The molecular formula is C28H22N2O6. The molecule has 0 unspecified atom stereocenters. The highest BCUT2D eigenvalue weighted by Crippen LogP contribution is 2.33. The maximum absolute atomic E-state index is 12.5. The number of hydrogen-bond donors (Lipinski definition) is 2. The third-order valence-electron chi connectivity index (χ3n) is 5.23. The largest absolute Gasteiger partial charge is 0.484 e. The van der Waals surface area contributed by atoms with Gasteiger partial charge in [-0.3, -0.25) is 9.59 Å². The lowest BCUT2D eigenvalue weighted by molar-refractivity contribution is -0.118. The second-order valence-corrected chi connectivity index (χ2v) is 7.82. The Bertz CT molecular complexity index is 1360. The SMILES string of the molecule is O=C(COc1ccccc1)Nc1ccc(Oc2ccc(NC(=O)c3ccc4c(c3)OCO4)cc2)cc1. The Labute approximate surface area is 207 Å². The normalized spacial score (nSPS) is 11.4. The first-order chi connectivity index (χ1) is 17.6. The van der Waals surface area contributed by atoms with Gasteiger partial charge in [-0.2, -0.15) is 0 Å². The van der Waals surface area contributed by atoms with E-state index in [-0.39, 0.29) is 25.2 Å². The quantitative estimate of drug-likeness (QED) is 0.346. The lowest BCUT2D eigenvalue weighted by atomic mass is 10.2. The Morgan fingerprint density at radius 2 is 1.33 bits per heavy atom. The van der Waals surface area contributed by atoms with Crippen LogP contribution in [0.1, 0.15) is 10.4 Å². The van der Waals surface area contributed by atoms with Gasteiger partial charge in [0.05, 0.1) is 0 Å². The van der Waals surface area contributed by atoms with E-state index in [1.165, 1.54) is 0 Å². The van der Waals surface area contributed by atoms with Crippen LogP contribution in [0.15, 0.2) is 97.1 Å². The number of fused-ring (bicyclic) bond motifs is 1. The molecule has 0 aliphatic carbocycles. The smallest absolute Gasteiger partial charge is 0.262 e. The summed E-state index contributed by atoms with van der Waals surface area (Å²) in [6, 6.07) is 28.2. The zero-order chi connectivity index (χ0) is 24.7. The summed E-state index contributed by atoms with van der Waals surface area (Å²) in [5.74, 6) is 2.50. The number of para-hydroxylation sites is 1. The minimum absolute atomic E-state index is 0.0835. The molecule has 8 heteroatoms. The average molecular weight is 482 g/mol. The summed E-state index contributed by atoms with van der Waals surface area (Å²) in [5.41, 5.74) is 1.73. The van der Waals surface area contributed by atoms with E-state index in [1.807, 2.05) is 18.2 Å². The molecule has 1 heterocycles. The van der Waals surface area contributed by atoms with Crippen LogP contribution in [0.25, 0.3) is 0 Å². The van der Waals surface area contributed by atoms with Crippen molar-refractivity contribution in [1.29, 1.82) is 0 Å². The van der Waals surface area contributed by atoms with E-state index in [4.69, 9.17) is 18.9 Å². The van der Waals surface area contributed by atoms with Crippen LogP contribution in [0.3, 0.4) is 0 Å². The van der Waals surface area contributed by atoms with E-state index in [0.717, 1.165) is 0 Å². The fourth-order valence-corrected chi connectivity index (χ4v) is 3.45. The summed E-state index contributed by atoms with van der Waals surface area (Å²) in [4.78, 5) is 24.6. The van der Waals surface area contributed by atoms with E-state index >= 15 is 0 Å². The monoisotopic (exact) mass is 482 g/mol. The molecule has 0 saturated carbocycles. The Hall–Kier alpha value is -4.98. The molecule has 36 heavy (non-hydrogen) atoms. The second-order valence-electron chi connectivity index (χ2n) is 7.82. The summed E-state index contributed by atoms with van der Waals surface area (Å²) in [6.45, 7) is 0.0722. The Morgan fingerprint density at radius 1 is 0.694 bits per heavy atom. The number of hydrogen-bond acceptors (Lipinski definition) is 6. The predicted molar refractivity (Wildman–Crippen MR) is 134 cm³/mol. The topological polar surface area (TPSA) is 95.1 Å². The van der Waals surface area contributed by atoms with Crippen molar-refractivity contribution in [1.82, 2.24) is 0 Å². The van der Waals surface area contributed by atoms with Crippen LogP contribution < -0.4 is 29.6 Å². The molecule has 4 aromatic rings. The number of rotatable bonds is 8. The van der Waals surface area contributed by atoms with Crippen molar-refractivity contribution in [3.63, 3.8) is 0 Å². The first kappa shape index (κ1) is 22.8. The zero-order valence-electron chi connectivity index (χ0n) is 19.1.